The van der Waals surface area contributed by atoms with Gasteiger partial charge in [0, 0.05) is 50.4 Å². The number of carbonyl (C=O) groups is 1. The van der Waals surface area contributed by atoms with Gasteiger partial charge in [-0.05, 0) is 50.6 Å². The van der Waals surface area contributed by atoms with Gasteiger partial charge in [0.25, 0.3) is 5.91 Å². The van der Waals surface area contributed by atoms with Crippen LogP contribution in [0.5, 0.6) is 0 Å². The number of likely N-dealkylation sites (N-methyl/N-ethyl adjacent to an activating group) is 1. The molecule has 1 aromatic carbocycles. The summed E-state index contributed by atoms with van der Waals surface area (Å²) in [6.45, 7) is 12.8. The number of benzene rings is 1. The Hall–Kier alpha value is -1.48. The van der Waals surface area contributed by atoms with Crippen LogP contribution in [-0.2, 0) is 10.0 Å². The van der Waals surface area contributed by atoms with Crippen molar-refractivity contribution in [2.75, 3.05) is 39.8 Å². The summed E-state index contributed by atoms with van der Waals surface area (Å²) >= 11 is 0. The Morgan fingerprint density at radius 2 is 1.66 bits per heavy atom. The molecule has 0 radical (unpaired) electrons. The second-order valence-electron chi connectivity index (χ2n) is 8.32. The zero-order valence-corrected chi connectivity index (χ0v) is 19.1. The van der Waals surface area contributed by atoms with E-state index in [1.165, 1.54) is 12.1 Å². The van der Waals surface area contributed by atoms with E-state index >= 15 is 0 Å². The highest BCUT2D eigenvalue weighted by molar-refractivity contribution is 7.89. The molecule has 0 bridgehead atoms. The van der Waals surface area contributed by atoms with Crippen LogP contribution in [0.15, 0.2) is 29.2 Å². The fourth-order valence-corrected chi connectivity index (χ4v) is 4.77. The fraction of sp³-hybridized carbons (Fsp3) is 0.667. The third-order valence-electron chi connectivity index (χ3n) is 5.64. The van der Waals surface area contributed by atoms with E-state index < -0.39 is 10.0 Å². The number of piperazine rings is 1. The quantitative estimate of drug-likeness (QED) is 0.631. The molecule has 8 heteroatoms. The van der Waals surface area contributed by atoms with Gasteiger partial charge in [0.05, 0.1) is 4.90 Å². The van der Waals surface area contributed by atoms with Gasteiger partial charge in [-0.15, -0.1) is 0 Å². The van der Waals surface area contributed by atoms with Crippen molar-refractivity contribution >= 4 is 15.9 Å². The predicted molar refractivity (Wildman–Crippen MR) is 117 cm³/mol. The van der Waals surface area contributed by atoms with E-state index in [9.17, 15) is 13.2 Å². The summed E-state index contributed by atoms with van der Waals surface area (Å²) in [5.74, 6) is 0.251. The first-order chi connectivity index (χ1) is 13.6. The predicted octanol–water partition coefficient (Wildman–Crippen LogP) is 1.77. The fourth-order valence-electron chi connectivity index (χ4n) is 3.44. The molecule has 2 unspecified atom stereocenters. The number of hydrogen-bond acceptors (Lipinski definition) is 5. The maximum atomic E-state index is 12.6. The largest absolute Gasteiger partial charge is 0.350 e. The number of nitrogens with zero attached hydrogens (tertiary/aromatic N) is 2. The van der Waals surface area contributed by atoms with Gasteiger partial charge in [-0.2, -0.15) is 0 Å². The first-order valence-corrected chi connectivity index (χ1v) is 12.0. The van der Waals surface area contributed by atoms with Gasteiger partial charge >= 0.3 is 0 Å². The zero-order chi connectivity index (χ0) is 21.6. The lowest BCUT2D eigenvalue weighted by Crippen LogP contribution is -2.54. The SMILES string of the molecule is CCC(C)NS(=O)(=O)c1ccc(C(=O)NCC(C(C)C)N2CCN(C)CC2)cc1. The second kappa shape index (κ2) is 10.5. The van der Waals surface area contributed by atoms with Crippen molar-refractivity contribution in [1.82, 2.24) is 19.8 Å². The van der Waals surface area contributed by atoms with E-state index in [4.69, 9.17) is 0 Å². The zero-order valence-electron chi connectivity index (χ0n) is 18.3. The average Bonchev–Trinajstić information content (AvgIpc) is 2.68. The topological polar surface area (TPSA) is 81.7 Å². The number of rotatable bonds is 9. The van der Waals surface area contributed by atoms with Crippen LogP contribution in [0.2, 0.25) is 0 Å². The van der Waals surface area contributed by atoms with Crippen molar-refractivity contribution in [3.8, 4) is 0 Å². The van der Waals surface area contributed by atoms with E-state index in [1.54, 1.807) is 12.1 Å². The molecule has 1 amide bonds. The number of amides is 1. The van der Waals surface area contributed by atoms with Gasteiger partial charge in [0.15, 0.2) is 0 Å². The lowest BCUT2D eigenvalue weighted by molar-refractivity contribution is 0.0791. The molecular weight excluding hydrogens is 388 g/mol. The molecule has 2 rings (SSSR count). The van der Waals surface area contributed by atoms with E-state index in [0.717, 1.165) is 26.2 Å². The summed E-state index contributed by atoms with van der Waals surface area (Å²) in [4.78, 5) is 17.5. The summed E-state index contributed by atoms with van der Waals surface area (Å²) in [6, 6.07) is 6.26. The number of nitrogens with one attached hydrogen (secondary N) is 2. The smallest absolute Gasteiger partial charge is 0.251 e. The van der Waals surface area contributed by atoms with Gasteiger partial charge in [0.1, 0.15) is 0 Å². The van der Waals surface area contributed by atoms with Crippen LogP contribution in [0.25, 0.3) is 0 Å². The lowest BCUT2D eigenvalue weighted by Gasteiger charge is -2.39. The first kappa shape index (κ1) is 23.8. The van der Waals surface area contributed by atoms with Gasteiger partial charge in [0.2, 0.25) is 10.0 Å². The van der Waals surface area contributed by atoms with Crippen molar-refractivity contribution in [2.45, 2.75) is 51.1 Å². The van der Waals surface area contributed by atoms with Crippen molar-refractivity contribution in [1.29, 1.82) is 0 Å². The van der Waals surface area contributed by atoms with Crippen LogP contribution >= 0.6 is 0 Å². The lowest BCUT2D eigenvalue weighted by atomic mass is 10.0. The minimum absolute atomic E-state index is 0.134. The molecule has 1 aliphatic rings. The second-order valence-corrected chi connectivity index (χ2v) is 10.0. The molecule has 2 N–H and O–H groups in total. The van der Waals surface area contributed by atoms with Crippen molar-refractivity contribution < 1.29 is 13.2 Å². The molecule has 0 spiro atoms. The van der Waals surface area contributed by atoms with Gasteiger partial charge < -0.3 is 10.2 Å². The summed E-state index contributed by atoms with van der Waals surface area (Å²) in [6.07, 6.45) is 0.712. The van der Waals surface area contributed by atoms with Gasteiger partial charge in [-0.25, -0.2) is 13.1 Å². The Labute approximate surface area is 175 Å². The van der Waals surface area contributed by atoms with Crippen molar-refractivity contribution in [3.05, 3.63) is 29.8 Å². The van der Waals surface area contributed by atoms with Crippen molar-refractivity contribution in [3.63, 3.8) is 0 Å². The van der Waals surface area contributed by atoms with Crippen LogP contribution < -0.4 is 10.0 Å². The minimum atomic E-state index is -3.56. The van der Waals surface area contributed by atoms with Crippen LogP contribution in [0.3, 0.4) is 0 Å². The molecule has 1 saturated heterocycles. The highest BCUT2D eigenvalue weighted by Gasteiger charge is 2.25. The van der Waals surface area contributed by atoms with Crippen LogP contribution in [0.1, 0.15) is 44.5 Å². The highest BCUT2D eigenvalue weighted by atomic mass is 32.2. The molecule has 1 aromatic rings. The highest BCUT2D eigenvalue weighted by Crippen LogP contribution is 2.14. The van der Waals surface area contributed by atoms with Crippen LogP contribution in [0.4, 0.5) is 0 Å². The van der Waals surface area contributed by atoms with Crippen LogP contribution in [-0.4, -0.2) is 76.0 Å². The van der Waals surface area contributed by atoms with E-state index in [2.05, 4.69) is 40.7 Å². The standard InChI is InChI=1S/C21H36N4O3S/c1-6-17(4)23-29(27,28)19-9-7-18(8-10-19)21(26)22-15-20(16(2)3)25-13-11-24(5)12-14-25/h7-10,16-17,20,23H,6,11-15H2,1-5H3,(H,22,26). The van der Waals surface area contributed by atoms with Gasteiger partial charge in [-0.1, -0.05) is 20.8 Å². The maximum Gasteiger partial charge on any atom is 0.251 e. The molecule has 29 heavy (non-hydrogen) atoms. The Morgan fingerprint density at radius 1 is 1.07 bits per heavy atom. The van der Waals surface area contributed by atoms with Crippen molar-refractivity contribution in [2.24, 2.45) is 5.92 Å². The normalized spacial score (nSPS) is 18.6. The molecular formula is C21H36N4O3S. The first-order valence-electron chi connectivity index (χ1n) is 10.5. The molecule has 1 aliphatic heterocycles. The monoisotopic (exact) mass is 424 g/mol. The average molecular weight is 425 g/mol. The van der Waals surface area contributed by atoms with E-state index in [0.29, 0.717) is 24.4 Å². The summed E-state index contributed by atoms with van der Waals surface area (Å²) < 4.78 is 27.3. The Bertz CT molecular complexity index is 757. The minimum Gasteiger partial charge on any atom is -0.350 e. The maximum absolute atomic E-state index is 12.6. The number of hydrogen-bond donors (Lipinski definition) is 2. The molecule has 7 nitrogen and oxygen atoms in total. The molecule has 0 aliphatic carbocycles. The molecule has 2 atom stereocenters. The molecule has 164 valence electrons. The molecule has 1 fully saturated rings. The summed E-state index contributed by atoms with van der Waals surface area (Å²) in [7, 11) is -1.43. The molecule has 0 saturated carbocycles. The Kier molecular flexibility index (Phi) is 8.63. The molecule has 1 heterocycles. The Balaban J connectivity index is 1.97. The van der Waals surface area contributed by atoms with Gasteiger partial charge in [-0.3, -0.25) is 9.69 Å². The molecule has 0 aromatic heterocycles. The third kappa shape index (κ3) is 6.77. The summed E-state index contributed by atoms with van der Waals surface area (Å²) in [5, 5.41) is 3.03. The summed E-state index contributed by atoms with van der Waals surface area (Å²) in [5.41, 5.74) is 0.466. The van der Waals surface area contributed by atoms with E-state index in [1.807, 2.05) is 13.8 Å². The third-order valence-corrected chi connectivity index (χ3v) is 7.25. The number of carbonyl (C=O) groups excluding carboxylic acids is 1. The Morgan fingerprint density at radius 3 is 2.17 bits per heavy atom. The van der Waals surface area contributed by atoms with E-state index in [-0.39, 0.29) is 22.9 Å². The van der Waals surface area contributed by atoms with Crippen LogP contribution in [0, 0.1) is 5.92 Å². The number of sulfonamides is 1.